The number of benzene rings is 1. The minimum atomic E-state index is 0. The maximum Gasteiger partial charge on any atom is 0.250 e. The molecule has 0 aliphatic carbocycles. The summed E-state index contributed by atoms with van der Waals surface area (Å²) in [6.07, 6.45) is 4.28. The van der Waals surface area contributed by atoms with E-state index in [9.17, 15) is 0 Å². The Hall–Kier alpha value is -1.76. The molecule has 138 valence electrons. The molecular formula is C17H23Cl2N3O3. The van der Waals surface area contributed by atoms with Crippen LogP contribution in [-0.2, 0) is 6.42 Å². The normalized spacial score (nSPS) is 12.0. The van der Waals surface area contributed by atoms with E-state index < -0.39 is 0 Å². The van der Waals surface area contributed by atoms with Crippen LogP contribution < -0.4 is 14.8 Å². The monoisotopic (exact) mass is 387 g/mol. The summed E-state index contributed by atoms with van der Waals surface area (Å²) in [4.78, 5) is 4.33. The first-order valence-electron chi connectivity index (χ1n) is 7.75. The molecule has 6 nitrogen and oxygen atoms in total. The number of ether oxygens (including phenoxy) is 2. The highest BCUT2D eigenvalue weighted by Crippen LogP contribution is 2.36. The van der Waals surface area contributed by atoms with Crippen molar-refractivity contribution in [2.24, 2.45) is 0 Å². The quantitative estimate of drug-likeness (QED) is 0.740. The SMILES string of the molecule is CCOc1c(Cl)cc(/C=C/c2nc(CC(C)NC)no2)cc1OC.Cl. The van der Waals surface area contributed by atoms with Crippen LogP contribution in [0.4, 0.5) is 0 Å². The standard InChI is InChI=1S/C17H22ClN3O3.ClH/c1-5-23-17-13(18)9-12(10-14(17)22-4)6-7-16-20-15(21-24-16)8-11(2)19-3;/h6-7,9-11,19H,5,8H2,1-4H3;1H/b7-6+;. The lowest BCUT2D eigenvalue weighted by molar-refractivity contribution is 0.311. The number of rotatable bonds is 8. The van der Waals surface area contributed by atoms with E-state index in [0.29, 0.717) is 41.3 Å². The van der Waals surface area contributed by atoms with Crippen LogP contribution in [0.1, 0.15) is 31.1 Å². The molecule has 1 atom stereocenters. The Kier molecular flexibility index (Phi) is 8.75. The number of nitrogens with one attached hydrogen (secondary N) is 1. The van der Waals surface area contributed by atoms with Crippen molar-refractivity contribution in [1.29, 1.82) is 0 Å². The molecule has 0 aliphatic rings. The molecule has 8 heteroatoms. The molecule has 0 amide bonds. The van der Waals surface area contributed by atoms with Gasteiger partial charge in [-0.3, -0.25) is 0 Å². The van der Waals surface area contributed by atoms with Crippen LogP contribution in [0.3, 0.4) is 0 Å². The number of aromatic nitrogens is 2. The Morgan fingerprint density at radius 3 is 2.76 bits per heavy atom. The van der Waals surface area contributed by atoms with Gasteiger partial charge in [0.1, 0.15) is 0 Å². The molecule has 0 saturated heterocycles. The number of likely N-dealkylation sites (N-methyl/N-ethyl adjacent to an activating group) is 1. The molecule has 1 N–H and O–H groups in total. The third kappa shape index (κ3) is 5.92. The topological polar surface area (TPSA) is 69.4 Å². The third-order valence-corrected chi connectivity index (χ3v) is 3.70. The van der Waals surface area contributed by atoms with Gasteiger partial charge in [0.2, 0.25) is 0 Å². The molecule has 1 unspecified atom stereocenters. The fourth-order valence-corrected chi connectivity index (χ4v) is 2.36. The minimum Gasteiger partial charge on any atom is -0.493 e. The molecule has 0 aliphatic heterocycles. The summed E-state index contributed by atoms with van der Waals surface area (Å²) in [6.45, 7) is 4.47. The van der Waals surface area contributed by atoms with Crippen LogP contribution in [-0.4, -0.2) is 36.9 Å². The molecule has 1 aromatic heterocycles. The summed E-state index contributed by atoms with van der Waals surface area (Å²) in [5.41, 5.74) is 0.851. The van der Waals surface area contributed by atoms with Crippen LogP contribution in [0.15, 0.2) is 16.7 Å². The van der Waals surface area contributed by atoms with Gasteiger partial charge in [-0.15, -0.1) is 12.4 Å². The average molecular weight is 388 g/mol. The Labute approximate surface area is 159 Å². The van der Waals surface area contributed by atoms with Crippen LogP contribution in [0.2, 0.25) is 5.02 Å². The highest BCUT2D eigenvalue weighted by atomic mass is 35.5. The Balaban J connectivity index is 0.00000312. The summed E-state index contributed by atoms with van der Waals surface area (Å²) in [6, 6.07) is 3.92. The lowest BCUT2D eigenvalue weighted by Gasteiger charge is -2.11. The van der Waals surface area contributed by atoms with Gasteiger partial charge in [-0.2, -0.15) is 4.98 Å². The van der Waals surface area contributed by atoms with E-state index in [4.69, 9.17) is 25.6 Å². The second kappa shape index (κ2) is 10.3. The van der Waals surface area contributed by atoms with Gasteiger partial charge in [0.25, 0.3) is 5.89 Å². The molecule has 0 saturated carbocycles. The van der Waals surface area contributed by atoms with Gasteiger partial charge in [-0.25, -0.2) is 0 Å². The van der Waals surface area contributed by atoms with Crippen LogP contribution in [0.5, 0.6) is 11.5 Å². The summed E-state index contributed by atoms with van der Waals surface area (Å²) < 4.78 is 16.0. The van der Waals surface area contributed by atoms with E-state index in [0.717, 1.165) is 5.56 Å². The first-order chi connectivity index (χ1) is 11.6. The summed E-state index contributed by atoms with van der Waals surface area (Å²) in [5.74, 6) is 2.23. The van der Waals surface area contributed by atoms with Gasteiger partial charge in [-0.1, -0.05) is 16.8 Å². The highest BCUT2D eigenvalue weighted by Gasteiger charge is 2.11. The van der Waals surface area contributed by atoms with E-state index >= 15 is 0 Å². The fraction of sp³-hybridized carbons (Fsp3) is 0.412. The molecule has 0 bridgehead atoms. The van der Waals surface area contributed by atoms with Crippen molar-refractivity contribution in [1.82, 2.24) is 15.5 Å². The molecular weight excluding hydrogens is 365 g/mol. The summed E-state index contributed by atoms with van der Waals surface area (Å²) in [5, 5.41) is 7.58. The Morgan fingerprint density at radius 2 is 2.12 bits per heavy atom. The second-order valence-corrected chi connectivity index (χ2v) is 5.65. The zero-order valence-electron chi connectivity index (χ0n) is 14.7. The van der Waals surface area contributed by atoms with Crippen molar-refractivity contribution in [3.8, 4) is 11.5 Å². The van der Waals surface area contributed by atoms with Gasteiger partial charge in [0, 0.05) is 18.5 Å². The number of hydrogen-bond donors (Lipinski definition) is 1. The van der Waals surface area contributed by atoms with Crippen LogP contribution in [0.25, 0.3) is 12.2 Å². The lowest BCUT2D eigenvalue weighted by atomic mass is 10.2. The van der Waals surface area contributed by atoms with E-state index in [-0.39, 0.29) is 18.4 Å². The van der Waals surface area contributed by atoms with Crippen molar-refractivity contribution < 1.29 is 14.0 Å². The van der Waals surface area contributed by atoms with E-state index in [2.05, 4.69) is 22.4 Å². The van der Waals surface area contributed by atoms with Gasteiger partial charge in [-0.05, 0) is 44.7 Å². The molecule has 2 aromatic rings. The maximum atomic E-state index is 6.25. The zero-order valence-corrected chi connectivity index (χ0v) is 16.3. The molecule has 0 fully saturated rings. The van der Waals surface area contributed by atoms with Gasteiger partial charge in [0.05, 0.1) is 18.7 Å². The largest absolute Gasteiger partial charge is 0.493 e. The van der Waals surface area contributed by atoms with Crippen molar-refractivity contribution >= 4 is 36.2 Å². The van der Waals surface area contributed by atoms with Gasteiger partial charge in [0.15, 0.2) is 17.3 Å². The summed E-state index contributed by atoms with van der Waals surface area (Å²) >= 11 is 6.25. The van der Waals surface area contributed by atoms with E-state index in [1.807, 2.05) is 26.1 Å². The minimum absolute atomic E-state index is 0. The zero-order chi connectivity index (χ0) is 17.5. The third-order valence-electron chi connectivity index (χ3n) is 3.42. The van der Waals surface area contributed by atoms with Crippen molar-refractivity contribution in [3.63, 3.8) is 0 Å². The van der Waals surface area contributed by atoms with Crippen LogP contribution in [0, 0.1) is 0 Å². The van der Waals surface area contributed by atoms with E-state index in [1.54, 1.807) is 19.3 Å². The predicted molar refractivity (Wildman–Crippen MR) is 102 cm³/mol. The molecule has 25 heavy (non-hydrogen) atoms. The maximum absolute atomic E-state index is 6.25. The average Bonchev–Trinajstić information content (AvgIpc) is 3.02. The van der Waals surface area contributed by atoms with Gasteiger partial charge >= 0.3 is 0 Å². The fourth-order valence-electron chi connectivity index (χ4n) is 2.08. The Morgan fingerprint density at radius 1 is 1.36 bits per heavy atom. The number of hydrogen-bond acceptors (Lipinski definition) is 6. The first-order valence-corrected chi connectivity index (χ1v) is 8.13. The smallest absolute Gasteiger partial charge is 0.250 e. The highest BCUT2D eigenvalue weighted by molar-refractivity contribution is 6.32. The van der Waals surface area contributed by atoms with Crippen LogP contribution >= 0.6 is 24.0 Å². The molecule has 0 spiro atoms. The molecule has 0 radical (unpaired) electrons. The molecule has 1 heterocycles. The Bertz CT molecular complexity index is 704. The summed E-state index contributed by atoms with van der Waals surface area (Å²) in [7, 11) is 3.48. The van der Waals surface area contributed by atoms with Crippen molar-refractivity contribution in [2.45, 2.75) is 26.3 Å². The molecule has 1 aromatic carbocycles. The molecule has 2 rings (SSSR count). The van der Waals surface area contributed by atoms with Crippen molar-refractivity contribution in [2.75, 3.05) is 20.8 Å². The van der Waals surface area contributed by atoms with E-state index in [1.165, 1.54) is 0 Å². The lowest BCUT2D eigenvalue weighted by Crippen LogP contribution is -2.24. The number of methoxy groups -OCH3 is 1. The number of nitrogens with zero attached hydrogens (tertiary/aromatic N) is 2. The first kappa shape index (κ1) is 21.3. The van der Waals surface area contributed by atoms with Gasteiger partial charge < -0.3 is 19.3 Å². The second-order valence-electron chi connectivity index (χ2n) is 5.24. The van der Waals surface area contributed by atoms with Crippen molar-refractivity contribution in [3.05, 3.63) is 34.4 Å². The number of halogens is 2. The predicted octanol–water partition coefficient (Wildman–Crippen LogP) is 3.87.